The highest BCUT2D eigenvalue weighted by Gasteiger charge is 2.18. The van der Waals surface area contributed by atoms with E-state index in [1.165, 1.54) is 35.6 Å². The van der Waals surface area contributed by atoms with Crippen LogP contribution in [0.4, 0.5) is 15.8 Å². The van der Waals surface area contributed by atoms with Gasteiger partial charge in [-0.3, -0.25) is 14.9 Å². The van der Waals surface area contributed by atoms with E-state index in [1.54, 1.807) is 24.3 Å². The van der Waals surface area contributed by atoms with Crippen molar-refractivity contribution in [3.63, 3.8) is 0 Å². The Morgan fingerprint density at radius 3 is 2.38 bits per heavy atom. The Balaban J connectivity index is 1.42. The number of carbonyl (C=O) groups excluding carboxylic acids is 2. The van der Waals surface area contributed by atoms with Crippen LogP contribution in [-0.4, -0.2) is 16.9 Å². The van der Waals surface area contributed by atoms with E-state index in [9.17, 15) is 14.0 Å². The Kier molecular flexibility index (Phi) is 6.45. The lowest BCUT2D eigenvalue weighted by Gasteiger charge is -2.11. The van der Waals surface area contributed by atoms with Gasteiger partial charge in [-0.2, -0.15) is 0 Å². The van der Waals surface area contributed by atoms with Crippen LogP contribution in [0.2, 0.25) is 5.02 Å². The van der Waals surface area contributed by atoms with Gasteiger partial charge in [-0.25, -0.2) is 4.39 Å². The fourth-order valence-electron chi connectivity index (χ4n) is 2.96. The average Bonchev–Trinajstić information content (AvgIpc) is 3.12. The molecule has 0 saturated carbocycles. The van der Waals surface area contributed by atoms with Crippen LogP contribution in [0.25, 0.3) is 10.1 Å². The average molecular weight is 484 g/mol. The summed E-state index contributed by atoms with van der Waals surface area (Å²) in [6.45, 7) is 0. The summed E-state index contributed by atoms with van der Waals surface area (Å²) in [6.07, 6.45) is 0. The first-order valence-corrected chi connectivity index (χ1v) is 11.0. The van der Waals surface area contributed by atoms with Crippen molar-refractivity contribution in [2.24, 2.45) is 0 Å². The quantitative estimate of drug-likeness (QED) is 0.308. The Bertz CT molecular complexity index is 1340. The highest BCUT2D eigenvalue weighted by atomic mass is 35.5. The molecule has 32 heavy (non-hydrogen) atoms. The number of hydrogen-bond donors (Lipinski definition) is 3. The van der Waals surface area contributed by atoms with Gasteiger partial charge in [-0.15, -0.1) is 11.3 Å². The van der Waals surface area contributed by atoms with Gasteiger partial charge in [0.05, 0.1) is 5.02 Å². The number of rotatable bonds is 4. The van der Waals surface area contributed by atoms with E-state index in [0.717, 1.165) is 10.1 Å². The van der Waals surface area contributed by atoms with Crippen molar-refractivity contribution >= 4 is 73.5 Å². The molecule has 4 rings (SSSR count). The van der Waals surface area contributed by atoms with Crippen molar-refractivity contribution in [1.82, 2.24) is 5.32 Å². The van der Waals surface area contributed by atoms with Crippen molar-refractivity contribution < 1.29 is 14.0 Å². The molecule has 0 aliphatic heterocycles. The maximum Gasteiger partial charge on any atom is 0.269 e. The molecule has 0 fully saturated rings. The molecule has 3 aromatic carbocycles. The van der Waals surface area contributed by atoms with Gasteiger partial charge in [0.1, 0.15) is 10.7 Å². The second-order valence-corrected chi connectivity index (χ2v) is 8.53. The van der Waals surface area contributed by atoms with Crippen LogP contribution >= 0.6 is 35.2 Å². The molecule has 0 spiro atoms. The summed E-state index contributed by atoms with van der Waals surface area (Å²) in [7, 11) is 0. The topological polar surface area (TPSA) is 70.2 Å². The Morgan fingerprint density at radius 2 is 1.62 bits per heavy atom. The maximum atomic E-state index is 13.0. The van der Waals surface area contributed by atoms with E-state index in [-0.39, 0.29) is 16.8 Å². The first-order valence-electron chi connectivity index (χ1n) is 9.37. The standard InChI is InChI=1S/C23H15ClFN3O2S2/c24-19-17-6-1-2-7-18(17)32-20(19)22(30)28-23(31)27-16-5-3-4-13(12-16)21(29)26-15-10-8-14(25)9-11-15/h1-12H,(H,26,29)(H2,27,28,30,31). The third-order valence-corrected chi connectivity index (χ3v) is 6.33. The van der Waals surface area contributed by atoms with Crippen LogP contribution in [0.15, 0.2) is 72.8 Å². The molecule has 0 aliphatic carbocycles. The van der Waals surface area contributed by atoms with Gasteiger partial charge in [0, 0.05) is 27.0 Å². The monoisotopic (exact) mass is 483 g/mol. The summed E-state index contributed by atoms with van der Waals surface area (Å²) in [6, 6.07) is 19.5. The summed E-state index contributed by atoms with van der Waals surface area (Å²) >= 11 is 12.9. The smallest absolute Gasteiger partial charge is 0.269 e. The molecule has 0 unspecified atom stereocenters. The van der Waals surface area contributed by atoms with Gasteiger partial charge in [-0.05, 0) is 60.7 Å². The summed E-state index contributed by atoms with van der Waals surface area (Å²) in [5.74, 6) is -1.17. The van der Waals surface area contributed by atoms with Gasteiger partial charge in [-0.1, -0.05) is 35.9 Å². The number of thiophene rings is 1. The molecule has 2 amide bonds. The largest absolute Gasteiger partial charge is 0.332 e. The molecule has 0 radical (unpaired) electrons. The molecule has 5 nitrogen and oxygen atoms in total. The van der Waals surface area contributed by atoms with Crippen LogP contribution < -0.4 is 16.0 Å². The Labute approximate surface area is 197 Å². The van der Waals surface area contributed by atoms with Crippen LogP contribution in [0.3, 0.4) is 0 Å². The Morgan fingerprint density at radius 1 is 0.875 bits per heavy atom. The number of benzene rings is 3. The lowest BCUT2D eigenvalue weighted by Crippen LogP contribution is -2.33. The number of halogens is 2. The predicted octanol–water partition coefficient (Wildman–Crippen LogP) is 6.07. The lowest BCUT2D eigenvalue weighted by atomic mass is 10.2. The van der Waals surface area contributed by atoms with Crippen LogP contribution in [0.5, 0.6) is 0 Å². The van der Waals surface area contributed by atoms with Crippen molar-refractivity contribution in [3.05, 3.63) is 94.1 Å². The van der Waals surface area contributed by atoms with Crippen molar-refractivity contribution in [2.75, 3.05) is 10.6 Å². The van der Waals surface area contributed by atoms with Gasteiger partial charge < -0.3 is 10.6 Å². The highest BCUT2D eigenvalue weighted by Crippen LogP contribution is 2.35. The van der Waals surface area contributed by atoms with Gasteiger partial charge in [0.25, 0.3) is 11.8 Å². The molecular weight excluding hydrogens is 469 g/mol. The Hall–Kier alpha value is -3.33. The molecule has 3 N–H and O–H groups in total. The minimum absolute atomic E-state index is 0.0691. The van der Waals surface area contributed by atoms with E-state index >= 15 is 0 Å². The number of thiocarbonyl (C=S) groups is 1. The molecule has 0 atom stereocenters. The second-order valence-electron chi connectivity index (χ2n) is 6.69. The third-order valence-electron chi connectivity index (χ3n) is 4.45. The van der Waals surface area contributed by atoms with Crippen LogP contribution in [-0.2, 0) is 0 Å². The number of anilines is 2. The summed E-state index contributed by atoms with van der Waals surface area (Å²) in [4.78, 5) is 25.5. The number of nitrogens with one attached hydrogen (secondary N) is 3. The first-order chi connectivity index (χ1) is 15.4. The molecule has 4 aromatic rings. The minimum Gasteiger partial charge on any atom is -0.332 e. The molecular formula is C23H15ClFN3O2S2. The summed E-state index contributed by atoms with van der Waals surface area (Å²) in [5.41, 5.74) is 1.35. The van der Waals surface area contributed by atoms with E-state index in [2.05, 4.69) is 16.0 Å². The molecule has 0 aliphatic rings. The number of carbonyl (C=O) groups is 2. The molecule has 0 bridgehead atoms. The van der Waals surface area contributed by atoms with Crippen LogP contribution in [0, 0.1) is 5.82 Å². The summed E-state index contributed by atoms with van der Waals surface area (Å²) < 4.78 is 13.9. The van der Waals surface area contributed by atoms with E-state index in [0.29, 0.717) is 26.8 Å². The predicted molar refractivity (Wildman–Crippen MR) is 131 cm³/mol. The van der Waals surface area contributed by atoms with Gasteiger partial charge >= 0.3 is 0 Å². The molecule has 1 heterocycles. The minimum atomic E-state index is -0.418. The zero-order chi connectivity index (χ0) is 22.7. The second kappa shape index (κ2) is 9.44. The van der Waals surface area contributed by atoms with Crippen molar-refractivity contribution in [3.8, 4) is 0 Å². The van der Waals surface area contributed by atoms with Gasteiger partial charge in [0.2, 0.25) is 0 Å². The fourth-order valence-corrected chi connectivity index (χ4v) is 4.58. The van der Waals surface area contributed by atoms with Gasteiger partial charge in [0.15, 0.2) is 5.11 Å². The zero-order valence-corrected chi connectivity index (χ0v) is 18.7. The van der Waals surface area contributed by atoms with Crippen LogP contribution in [0.1, 0.15) is 20.0 Å². The van der Waals surface area contributed by atoms with Crippen molar-refractivity contribution in [2.45, 2.75) is 0 Å². The lowest BCUT2D eigenvalue weighted by molar-refractivity contribution is 0.0980. The van der Waals surface area contributed by atoms with Crippen molar-refractivity contribution in [1.29, 1.82) is 0 Å². The SMILES string of the molecule is O=C(Nc1ccc(F)cc1)c1cccc(NC(=S)NC(=O)c2sc3ccccc3c2Cl)c1. The molecule has 160 valence electrons. The zero-order valence-electron chi connectivity index (χ0n) is 16.3. The first kappa shape index (κ1) is 21.9. The fraction of sp³-hybridized carbons (Fsp3) is 0. The number of fused-ring (bicyclic) bond motifs is 1. The normalized spacial score (nSPS) is 10.6. The third kappa shape index (κ3) is 4.94. The number of hydrogen-bond acceptors (Lipinski definition) is 4. The number of amides is 2. The van der Waals surface area contributed by atoms with E-state index in [1.807, 2.05) is 24.3 Å². The summed E-state index contributed by atoms with van der Waals surface area (Å²) in [5, 5.41) is 9.45. The molecule has 9 heteroatoms. The van der Waals surface area contributed by atoms with E-state index in [4.69, 9.17) is 23.8 Å². The van der Waals surface area contributed by atoms with E-state index < -0.39 is 5.91 Å². The maximum absolute atomic E-state index is 13.0. The molecule has 0 saturated heterocycles. The highest BCUT2D eigenvalue weighted by molar-refractivity contribution is 7.80. The molecule has 1 aromatic heterocycles.